The van der Waals surface area contributed by atoms with Crippen LogP contribution in [0.1, 0.15) is 43.4 Å². The quantitative estimate of drug-likeness (QED) is 0.601. The monoisotopic (exact) mass is 474 g/mol. The van der Waals surface area contributed by atoms with Gasteiger partial charge in [0, 0.05) is 29.6 Å². The van der Waals surface area contributed by atoms with Crippen LogP contribution in [0.2, 0.25) is 0 Å². The Morgan fingerprint density at radius 1 is 1.32 bits per heavy atom. The molecule has 1 aliphatic carbocycles. The van der Waals surface area contributed by atoms with Gasteiger partial charge in [0.25, 0.3) is 0 Å². The highest BCUT2D eigenvalue weighted by atomic mass is 32.1. The molecule has 1 atom stereocenters. The molecule has 1 spiro atoms. The van der Waals surface area contributed by atoms with Crippen molar-refractivity contribution in [2.45, 2.75) is 44.6 Å². The number of aromatic nitrogens is 2. The first kappa shape index (κ1) is 22.5. The lowest BCUT2D eigenvalue weighted by molar-refractivity contribution is -0.133. The molecular formula is C26H26N4O3S. The maximum Gasteiger partial charge on any atom is 0.248 e. The normalized spacial score (nSPS) is 19.0. The lowest BCUT2D eigenvalue weighted by Gasteiger charge is -2.25. The van der Waals surface area contributed by atoms with Gasteiger partial charge in [-0.2, -0.15) is 9.64 Å². The van der Waals surface area contributed by atoms with Gasteiger partial charge in [0.2, 0.25) is 5.91 Å². The van der Waals surface area contributed by atoms with Crippen LogP contribution in [0.25, 0.3) is 22.0 Å². The van der Waals surface area contributed by atoms with Gasteiger partial charge in [-0.15, -0.1) is 0 Å². The molecule has 174 valence electrons. The second kappa shape index (κ2) is 8.82. The lowest BCUT2D eigenvalue weighted by Crippen LogP contribution is -2.34. The molecule has 8 heteroatoms. The van der Waals surface area contributed by atoms with Crippen molar-refractivity contribution in [2.24, 2.45) is 0 Å². The van der Waals surface area contributed by atoms with Gasteiger partial charge in [-0.05, 0) is 74.0 Å². The lowest BCUT2D eigenvalue weighted by atomic mass is 9.81. The predicted octanol–water partition coefficient (Wildman–Crippen LogP) is 3.94. The van der Waals surface area contributed by atoms with E-state index in [2.05, 4.69) is 22.6 Å². The summed E-state index contributed by atoms with van der Waals surface area (Å²) in [5, 5.41) is 19.6. The van der Waals surface area contributed by atoms with E-state index in [0.29, 0.717) is 30.2 Å². The summed E-state index contributed by atoms with van der Waals surface area (Å²) in [6.45, 7) is 4.76. The number of amides is 1. The van der Waals surface area contributed by atoms with Crippen LogP contribution in [0.5, 0.6) is 5.75 Å². The Hall–Kier alpha value is -3.28. The van der Waals surface area contributed by atoms with Crippen molar-refractivity contribution in [2.75, 3.05) is 19.7 Å². The molecule has 2 aromatic carbocycles. The van der Waals surface area contributed by atoms with E-state index in [1.165, 1.54) is 22.7 Å². The van der Waals surface area contributed by atoms with Crippen LogP contribution < -0.4 is 4.74 Å². The van der Waals surface area contributed by atoms with Crippen LogP contribution in [0.4, 0.5) is 0 Å². The topological polar surface area (TPSA) is 99.3 Å². The van der Waals surface area contributed by atoms with Gasteiger partial charge >= 0.3 is 0 Å². The number of benzene rings is 2. The zero-order valence-electron chi connectivity index (χ0n) is 19.2. The van der Waals surface area contributed by atoms with Crippen LogP contribution in [0, 0.1) is 11.3 Å². The number of nitrogens with zero attached hydrogens (tertiary/aromatic N) is 4. The third kappa shape index (κ3) is 3.85. The van der Waals surface area contributed by atoms with Crippen molar-refractivity contribution in [1.82, 2.24) is 14.3 Å². The molecule has 1 fully saturated rings. The highest BCUT2D eigenvalue weighted by Crippen LogP contribution is 2.48. The molecule has 1 amide bonds. The standard InChI is InChI=1S/C26H26N4O3S/c1-16(2)33-22-7-6-17(12-18(22)13-27)25-28-24(29-34-25)20-4-3-5-21-19(20)8-9-26(21)10-11-30(15-26)23(32)14-31/h3-7,12,16,31H,8-11,14-15H2,1-2H3. The molecule has 1 aromatic heterocycles. The van der Waals surface area contributed by atoms with Gasteiger partial charge in [-0.3, -0.25) is 4.79 Å². The smallest absolute Gasteiger partial charge is 0.248 e. The van der Waals surface area contributed by atoms with Gasteiger partial charge in [0.05, 0.1) is 11.7 Å². The largest absolute Gasteiger partial charge is 0.490 e. The number of carbonyl (C=O) groups excluding carboxylic acids is 1. The predicted molar refractivity (Wildman–Crippen MR) is 130 cm³/mol. The fourth-order valence-corrected chi connectivity index (χ4v) is 5.90. The van der Waals surface area contributed by atoms with E-state index in [1.54, 1.807) is 11.0 Å². The summed E-state index contributed by atoms with van der Waals surface area (Å²) in [7, 11) is 0. The zero-order valence-corrected chi connectivity index (χ0v) is 20.1. The molecule has 2 aliphatic rings. The van der Waals surface area contributed by atoms with Crippen LogP contribution in [-0.4, -0.2) is 51.1 Å². The second-order valence-corrected chi connectivity index (χ2v) is 10.00. The third-order valence-electron chi connectivity index (χ3n) is 6.82. The number of aliphatic hydroxyl groups excluding tert-OH is 1. The molecule has 3 aromatic rings. The first-order chi connectivity index (χ1) is 16.4. The minimum Gasteiger partial charge on any atom is -0.490 e. The number of hydrogen-bond acceptors (Lipinski definition) is 7. The average molecular weight is 475 g/mol. The third-order valence-corrected chi connectivity index (χ3v) is 7.58. The van der Waals surface area contributed by atoms with Gasteiger partial charge in [-0.1, -0.05) is 18.2 Å². The zero-order chi connectivity index (χ0) is 23.9. The fourth-order valence-electron chi connectivity index (χ4n) is 5.23. The summed E-state index contributed by atoms with van der Waals surface area (Å²) in [6, 6.07) is 14.0. The van der Waals surface area contributed by atoms with Crippen molar-refractivity contribution < 1.29 is 14.6 Å². The number of rotatable bonds is 5. The van der Waals surface area contributed by atoms with Crippen molar-refractivity contribution in [3.8, 4) is 33.8 Å². The van der Waals surface area contributed by atoms with Crippen molar-refractivity contribution in [3.63, 3.8) is 0 Å². The SMILES string of the molecule is CC(C)Oc1ccc(-c2nc(-c3cccc4c3CCC43CCN(C(=O)CO)C3)ns2)cc1C#N. The number of carbonyl (C=O) groups is 1. The summed E-state index contributed by atoms with van der Waals surface area (Å²) in [5.74, 6) is 1.06. The summed E-state index contributed by atoms with van der Waals surface area (Å²) < 4.78 is 10.4. The van der Waals surface area contributed by atoms with E-state index >= 15 is 0 Å². The number of ether oxygens (including phenoxy) is 1. The second-order valence-electron chi connectivity index (χ2n) is 9.25. The van der Waals surface area contributed by atoms with E-state index < -0.39 is 6.61 Å². The fraction of sp³-hybridized carbons (Fsp3) is 0.385. The summed E-state index contributed by atoms with van der Waals surface area (Å²) >= 11 is 1.32. The Labute approximate surface area is 202 Å². The van der Waals surface area contributed by atoms with Crippen LogP contribution in [0.15, 0.2) is 36.4 Å². The molecule has 0 radical (unpaired) electrons. The molecule has 1 N–H and O–H groups in total. The molecule has 1 saturated heterocycles. The summed E-state index contributed by atoms with van der Waals surface area (Å²) in [4.78, 5) is 18.6. The first-order valence-corrected chi connectivity index (χ1v) is 12.3. The van der Waals surface area contributed by atoms with Gasteiger partial charge in [0.1, 0.15) is 23.4 Å². The Kier molecular flexibility index (Phi) is 5.84. The van der Waals surface area contributed by atoms with E-state index in [1.807, 2.05) is 32.0 Å². The first-order valence-electron chi connectivity index (χ1n) is 11.5. The van der Waals surface area contributed by atoms with Gasteiger partial charge in [-0.25, -0.2) is 4.98 Å². The summed E-state index contributed by atoms with van der Waals surface area (Å²) in [6.07, 6.45) is 2.80. The number of nitriles is 1. The Balaban J connectivity index is 1.45. The van der Waals surface area contributed by atoms with Crippen molar-refractivity contribution in [3.05, 3.63) is 53.1 Å². The Bertz CT molecular complexity index is 1300. The van der Waals surface area contributed by atoms with E-state index in [-0.39, 0.29) is 17.4 Å². The van der Waals surface area contributed by atoms with Gasteiger partial charge < -0.3 is 14.7 Å². The van der Waals surface area contributed by atoms with Crippen LogP contribution >= 0.6 is 11.5 Å². The number of likely N-dealkylation sites (tertiary alicyclic amines) is 1. The Morgan fingerprint density at radius 2 is 2.18 bits per heavy atom. The van der Waals surface area contributed by atoms with E-state index in [4.69, 9.17) is 9.72 Å². The highest BCUT2D eigenvalue weighted by molar-refractivity contribution is 7.09. The molecule has 0 saturated carbocycles. The van der Waals surface area contributed by atoms with Crippen molar-refractivity contribution >= 4 is 17.4 Å². The van der Waals surface area contributed by atoms with E-state index in [0.717, 1.165) is 35.4 Å². The summed E-state index contributed by atoms with van der Waals surface area (Å²) in [5.41, 5.74) is 4.83. The molecule has 1 aliphatic heterocycles. The number of aliphatic hydroxyl groups is 1. The van der Waals surface area contributed by atoms with E-state index in [9.17, 15) is 15.2 Å². The van der Waals surface area contributed by atoms with Gasteiger partial charge in [0.15, 0.2) is 5.82 Å². The minimum atomic E-state index is -0.438. The maximum absolute atomic E-state index is 12.0. The molecule has 1 unspecified atom stereocenters. The minimum absolute atomic E-state index is 0.0109. The number of fused-ring (bicyclic) bond motifs is 2. The Morgan fingerprint density at radius 3 is 2.94 bits per heavy atom. The van der Waals surface area contributed by atoms with Crippen LogP contribution in [0.3, 0.4) is 0 Å². The molecule has 0 bridgehead atoms. The molecule has 34 heavy (non-hydrogen) atoms. The van der Waals surface area contributed by atoms with Crippen LogP contribution in [-0.2, 0) is 16.6 Å². The molecule has 5 rings (SSSR count). The highest BCUT2D eigenvalue weighted by Gasteiger charge is 2.45. The molecule has 2 heterocycles. The molecular weight excluding hydrogens is 448 g/mol. The average Bonchev–Trinajstić information content (AvgIpc) is 3.58. The maximum atomic E-state index is 12.0. The van der Waals surface area contributed by atoms with Crippen molar-refractivity contribution in [1.29, 1.82) is 5.26 Å². The molecule has 7 nitrogen and oxygen atoms in total. The number of hydrogen-bond donors (Lipinski definition) is 1.